The largest absolute Gasteiger partial charge is 0.490 e. The minimum absolute atomic E-state index is 0.163. The van der Waals surface area contributed by atoms with Gasteiger partial charge in [-0.25, -0.2) is 0 Å². The number of thiocarbonyl (C=S) groups is 1. The smallest absolute Gasteiger partial charge is 0.270 e. The van der Waals surface area contributed by atoms with Crippen LogP contribution in [0.2, 0.25) is 10.0 Å². The van der Waals surface area contributed by atoms with E-state index in [0.29, 0.717) is 37.4 Å². The predicted molar refractivity (Wildman–Crippen MR) is 161 cm³/mol. The van der Waals surface area contributed by atoms with Crippen LogP contribution in [0.5, 0.6) is 11.5 Å². The maximum atomic E-state index is 13.2. The van der Waals surface area contributed by atoms with Gasteiger partial charge < -0.3 is 9.47 Å². The van der Waals surface area contributed by atoms with Gasteiger partial charge in [-0.3, -0.25) is 9.69 Å². The Morgan fingerprint density at radius 3 is 2.66 bits per heavy atom. The van der Waals surface area contributed by atoms with E-state index in [1.807, 2.05) is 55.5 Å². The number of ether oxygens (including phenoxy) is 2. The van der Waals surface area contributed by atoms with E-state index >= 15 is 0 Å². The van der Waals surface area contributed by atoms with Gasteiger partial charge in [-0.1, -0.05) is 75.2 Å². The number of hydrogen-bond acceptors (Lipinski definition) is 5. The molecule has 35 heavy (non-hydrogen) atoms. The molecule has 0 bridgehead atoms. The van der Waals surface area contributed by atoms with Crippen molar-refractivity contribution in [3.05, 3.63) is 88.7 Å². The molecule has 4 nitrogen and oxygen atoms in total. The van der Waals surface area contributed by atoms with E-state index in [4.69, 9.17) is 44.9 Å². The number of anilines is 1. The predicted octanol–water partition coefficient (Wildman–Crippen LogP) is 8.74. The first kappa shape index (κ1) is 26.8. The van der Waals surface area contributed by atoms with Gasteiger partial charge in [0.15, 0.2) is 15.8 Å². The normalized spacial score (nSPS) is 14.7. The summed E-state index contributed by atoms with van der Waals surface area (Å²) >= 11 is 24.7. The van der Waals surface area contributed by atoms with Crippen molar-refractivity contribution in [3.8, 4) is 11.5 Å². The van der Waals surface area contributed by atoms with Crippen LogP contribution in [0.25, 0.3) is 6.08 Å². The molecule has 1 aliphatic heterocycles. The van der Waals surface area contributed by atoms with Crippen LogP contribution in [0.15, 0.2) is 64.0 Å². The van der Waals surface area contributed by atoms with Crippen LogP contribution in [0.3, 0.4) is 0 Å². The second kappa shape index (κ2) is 11.8. The quantitative estimate of drug-likeness (QED) is 0.139. The van der Waals surface area contributed by atoms with Crippen LogP contribution in [0.4, 0.5) is 5.69 Å². The fourth-order valence-corrected chi connectivity index (χ4v) is 6.25. The van der Waals surface area contributed by atoms with E-state index in [2.05, 4.69) is 38.5 Å². The maximum Gasteiger partial charge on any atom is 0.270 e. The highest BCUT2D eigenvalue weighted by Gasteiger charge is 2.33. The molecule has 1 heterocycles. The van der Waals surface area contributed by atoms with Crippen LogP contribution < -0.4 is 14.4 Å². The van der Waals surface area contributed by atoms with Gasteiger partial charge in [-0.05, 0) is 83.6 Å². The van der Waals surface area contributed by atoms with Crippen molar-refractivity contribution in [3.63, 3.8) is 0 Å². The van der Waals surface area contributed by atoms with Gasteiger partial charge in [-0.15, -0.1) is 0 Å². The van der Waals surface area contributed by atoms with Crippen LogP contribution in [-0.4, -0.2) is 16.8 Å². The number of rotatable bonds is 7. The molecule has 0 unspecified atom stereocenters. The van der Waals surface area contributed by atoms with E-state index < -0.39 is 0 Å². The number of amides is 1. The molecule has 1 amide bonds. The third kappa shape index (κ3) is 6.34. The van der Waals surface area contributed by atoms with Crippen LogP contribution in [0, 0.1) is 3.57 Å². The monoisotopic (exact) mass is 719 g/mol. The summed E-state index contributed by atoms with van der Waals surface area (Å²) in [6, 6.07) is 16.6. The van der Waals surface area contributed by atoms with Gasteiger partial charge in [0.25, 0.3) is 5.91 Å². The number of nitrogens with zero attached hydrogens (tertiary/aromatic N) is 1. The lowest BCUT2D eigenvalue weighted by Crippen LogP contribution is -2.27. The Morgan fingerprint density at radius 1 is 1.14 bits per heavy atom. The summed E-state index contributed by atoms with van der Waals surface area (Å²) in [7, 11) is 0. The van der Waals surface area contributed by atoms with Crippen molar-refractivity contribution in [2.45, 2.75) is 13.5 Å². The average Bonchev–Trinajstić information content (AvgIpc) is 3.07. The second-order valence-electron chi connectivity index (χ2n) is 7.28. The fraction of sp³-hybridized carbons (Fsp3) is 0.120. The zero-order valence-electron chi connectivity index (χ0n) is 18.2. The summed E-state index contributed by atoms with van der Waals surface area (Å²) in [5, 5.41) is 1.10. The first-order valence-electron chi connectivity index (χ1n) is 10.3. The molecule has 0 aliphatic carbocycles. The third-order valence-electron chi connectivity index (χ3n) is 4.88. The highest BCUT2D eigenvalue weighted by molar-refractivity contribution is 14.1. The number of carbonyl (C=O) groups excluding carboxylic acids is 1. The highest BCUT2D eigenvalue weighted by atomic mass is 127. The summed E-state index contributed by atoms with van der Waals surface area (Å²) in [5.41, 5.74) is 2.35. The van der Waals surface area contributed by atoms with Crippen LogP contribution in [0.1, 0.15) is 18.1 Å². The molecular weight excluding hydrogens is 704 g/mol. The van der Waals surface area contributed by atoms with Gasteiger partial charge >= 0.3 is 0 Å². The molecule has 10 heteroatoms. The van der Waals surface area contributed by atoms with Crippen molar-refractivity contribution in [1.29, 1.82) is 0 Å². The molecule has 0 N–H and O–H groups in total. The Morgan fingerprint density at radius 2 is 1.94 bits per heavy atom. The molecule has 0 radical (unpaired) electrons. The van der Waals surface area contributed by atoms with Crippen molar-refractivity contribution in [2.75, 3.05) is 11.5 Å². The Hall–Kier alpha value is -1.30. The van der Waals surface area contributed by atoms with Crippen LogP contribution >= 0.6 is 85.7 Å². The minimum atomic E-state index is -0.163. The molecule has 4 rings (SSSR count). The SMILES string of the molecule is CCOc1cc(C=C2SC(=S)N(c3cccc(Br)c3)C2=O)cc(I)c1OCc1ccc(Cl)cc1Cl. The minimum Gasteiger partial charge on any atom is -0.490 e. The number of benzene rings is 3. The van der Waals surface area contributed by atoms with Gasteiger partial charge in [0.1, 0.15) is 6.61 Å². The average molecular weight is 721 g/mol. The molecule has 0 aromatic heterocycles. The molecule has 1 saturated heterocycles. The lowest BCUT2D eigenvalue weighted by atomic mass is 10.1. The Kier molecular flexibility index (Phi) is 9.04. The number of thioether (sulfide) groups is 1. The molecule has 1 fully saturated rings. The molecule has 3 aromatic carbocycles. The topological polar surface area (TPSA) is 38.8 Å². The molecule has 180 valence electrons. The van der Waals surface area contributed by atoms with Gasteiger partial charge in [0.05, 0.1) is 20.8 Å². The molecule has 0 saturated carbocycles. The first-order valence-corrected chi connectivity index (χ1v) is 14.2. The molecule has 3 aromatic rings. The second-order valence-corrected chi connectivity index (χ2v) is 11.9. The van der Waals surface area contributed by atoms with Gasteiger partial charge in [0.2, 0.25) is 0 Å². The standard InChI is InChI=1S/C25H17BrCl2INO3S2/c1-2-32-21-9-14(8-20(29)23(21)33-13-15-6-7-17(27)12-19(15)28)10-22-24(31)30(25(34)35-22)18-5-3-4-16(26)11-18/h3-12H,2,13H2,1H3. The zero-order chi connectivity index (χ0) is 25.1. The van der Waals surface area contributed by atoms with E-state index in [1.54, 1.807) is 17.0 Å². The molecule has 0 spiro atoms. The van der Waals surface area contributed by atoms with E-state index in [0.717, 1.165) is 24.9 Å². The maximum absolute atomic E-state index is 13.2. The molecule has 0 atom stereocenters. The Balaban J connectivity index is 1.61. The van der Waals surface area contributed by atoms with Crippen molar-refractivity contribution < 1.29 is 14.3 Å². The van der Waals surface area contributed by atoms with Crippen molar-refractivity contribution in [1.82, 2.24) is 0 Å². The molecular formula is C25H17BrCl2INO3S2. The zero-order valence-corrected chi connectivity index (χ0v) is 25.1. The van der Waals surface area contributed by atoms with Crippen molar-refractivity contribution >= 4 is 108 Å². The number of carbonyl (C=O) groups is 1. The van der Waals surface area contributed by atoms with Crippen LogP contribution in [-0.2, 0) is 11.4 Å². The first-order chi connectivity index (χ1) is 16.8. The number of halogens is 4. The third-order valence-corrected chi connectivity index (χ3v) is 8.06. The molecule has 1 aliphatic rings. The summed E-state index contributed by atoms with van der Waals surface area (Å²) in [6.45, 7) is 2.63. The summed E-state index contributed by atoms with van der Waals surface area (Å²) < 4.78 is 14.2. The van der Waals surface area contributed by atoms with E-state index in [9.17, 15) is 4.79 Å². The Bertz CT molecular complexity index is 1350. The highest BCUT2D eigenvalue weighted by Crippen LogP contribution is 2.40. The lowest BCUT2D eigenvalue weighted by Gasteiger charge is -2.16. The summed E-state index contributed by atoms with van der Waals surface area (Å²) in [6.07, 6.45) is 1.82. The van der Waals surface area contributed by atoms with E-state index in [1.165, 1.54) is 11.8 Å². The van der Waals surface area contributed by atoms with Gasteiger partial charge in [0, 0.05) is 20.1 Å². The van der Waals surface area contributed by atoms with E-state index in [-0.39, 0.29) is 12.5 Å². The fourth-order valence-electron chi connectivity index (χ4n) is 3.32. The lowest BCUT2D eigenvalue weighted by molar-refractivity contribution is -0.113. The number of hydrogen-bond donors (Lipinski definition) is 0. The van der Waals surface area contributed by atoms with Gasteiger partial charge in [-0.2, -0.15) is 0 Å². The Labute approximate surface area is 245 Å². The summed E-state index contributed by atoms with van der Waals surface area (Å²) in [4.78, 5) is 15.2. The summed E-state index contributed by atoms with van der Waals surface area (Å²) in [5.74, 6) is 1.03. The van der Waals surface area contributed by atoms with Crippen molar-refractivity contribution in [2.24, 2.45) is 0 Å².